The Bertz CT molecular complexity index is 254. The van der Waals surface area contributed by atoms with E-state index in [2.05, 4.69) is 0 Å². The molecule has 0 aliphatic rings. The Balaban J connectivity index is 4.32. The summed E-state index contributed by atoms with van der Waals surface area (Å²) in [6.07, 6.45) is -1.01. The average molecular weight is 209 g/mol. The van der Waals surface area contributed by atoms with Gasteiger partial charge in [0.05, 0.1) is 0 Å². The van der Waals surface area contributed by atoms with Gasteiger partial charge < -0.3 is 5.32 Å². The molecule has 0 saturated carbocycles. The molecule has 80 valence electrons. The molecule has 0 saturated heterocycles. The zero-order valence-corrected chi connectivity index (χ0v) is 7.23. The van der Waals surface area contributed by atoms with Crippen LogP contribution in [0.2, 0.25) is 0 Å². The van der Waals surface area contributed by atoms with Crippen molar-refractivity contribution in [3.63, 3.8) is 0 Å². The van der Waals surface area contributed by atoms with Gasteiger partial charge in [0.15, 0.2) is 0 Å². The van der Waals surface area contributed by atoms with Crippen LogP contribution in [0.4, 0.5) is 4.39 Å². The van der Waals surface area contributed by atoms with Crippen molar-refractivity contribution in [2.45, 2.75) is 19.3 Å². The van der Waals surface area contributed by atoms with Crippen molar-refractivity contribution < 1.29 is 19.0 Å². The first-order valence-electron chi connectivity index (χ1n) is 3.53. The zero-order valence-electron chi connectivity index (χ0n) is 7.23. The first kappa shape index (κ1) is 12.2. The fourth-order valence-corrected chi connectivity index (χ4v) is 0.647. The fraction of sp³-hybridized carbons (Fsp3) is 0.800. The second kappa shape index (κ2) is 4.44. The van der Waals surface area contributed by atoms with Crippen molar-refractivity contribution >= 4 is 5.91 Å². The van der Waals surface area contributed by atoms with Crippen molar-refractivity contribution in [1.82, 2.24) is 5.32 Å². The monoisotopic (exact) mass is 209 g/mol. The molecule has 0 aromatic rings. The van der Waals surface area contributed by atoms with Crippen molar-refractivity contribution in [2.75, 3.05) is 6.54 Å². The van der Waals surface area contributed by atoms with E-state index >= 15 is 0 Å². The van der Waals surface area contributed by atoms with Gasteiger partial charge in [-0.15, -0.1) is 0 Å². The third-order valence-electron chi connectivity index (χ3n) is 1.38. The van der Waals surface area contributed by atoms with Crippen LogP contribution in [0, 0.1) is 20.2 Å². The van der Waals surface area contributed by atoms with Crippen LogP contribution in [-0.4, -0.2) is 28.2 Å². The number of carbonyl (C=O) groups excluding carboxylic acids is 1. The highest BCUT2D eigenvalue weighted by Crippen LogP contribution is 2.16. The summed E-state index contributed by atoms with van der Waals surface area (Å²) in [5.41, 5.74) is 0. The van der Waals surface area contributed by atoms with Gasteiger partial charge in [-0.05, 0) is 0 Å². The maximum Gasteiger partial charge on any atom is 0.615 e. The minimum absolute atomic E-state index is 0.464. The lowest BCUT2D eigenvalue weighted by Crippen LogP contribution is -2.44. The second-order valence-corrected chi connectivity index (χ2v) is 2.47. The Kier molecular flexibility index (Phi) is 3.87. The highest BCUT2D eigenvalue weighted by atomic mass is 19.2. The van der Waals surface area contributed by atoms with Crippen LogP contribution in [0.25, 0.3) is 0 Å². The molecule has 0 spiro atoms. The molecule has 8 nitrogen and oxygen atoms in total. The lowest BCUT2D eigenvalue weighted by atomic mass is 10.3. The van der Waals surface area contributed by atoms with E-state index in [4.69, 9.17) is 0 Å². The number of nitrogens with zero attached hydrogens (tertiary/aromatic N) is 2. The van der Waals surface area contributed by atoms with Crippen LogP contribution < -0.4 is 5.32 Å². The van der Waals surface area contributed by atoms with Crippen molar-refractivity contribution in [1.29, 1.82) is 0 Å². The predicted molar refractivity (Wildman–Crippen MR) is 41.1 cm³/mol. The summed E-state index contributed by atoms with van der Waals surface area (Å²) in [6, 6.07) is 0. The summed E-state index contributed by atoms with van der Waals surface area (Å²) in [7, 11) is 0. The third kappa shape index (κ3) is 2.92. The average Bonchev–Trinajstić information content (AvgIpc) is 2.02. The van der Waals surface area contributed by atoms with Gasteiger partial charge >= 0.3 is 5.92 Å². The van der Waals surface area contributed by atoms with Crippen molar-refractivity contribution in [3.8, 4) is 0 Å². The van der Waals surface area contributed by atoms with E-state index in [1.807, 2.05) is 5.32 Å². The van der Waals surface area contributed by atoms with Gasteiger partial charge in [0.2, 0.25) is 5.91 Å². The van der Waals surface area contributed by atoms with Gasteiger partial charge in [-0.3, -0.25) is 25.0 Å². The van der Waals surface area contributed by atoms with Crippen LogP contribution in [0.1, 0.15) is 13.3 Å². The zero-order chi connectivity index (χ0) is 11.4. The molecule has 0 radical (unpaired) electrons. The number of carbonyl (C=O) groups is 1. The Labute approximate surface area is 77.4 Å². The van der Waals surface area contributed by atoms with Gasteiger partial charge in [-0.25, -0.2) is 0 Å². The highest BCUT2D eigenvalue weighted by Gasteiger charge is 2.57. The molecule has 0 atom stereocenters. The van der Waals surface area contributed by atoms with E-state index < -0.39 is 34.6 Å². The topological polar surface area (TPSA) is 115 Å². The molecule has 0 heterocycles. The SMILES string of the molecule is CC(=O)NCCC(F)([N+](=O)[O-])[N+](=O)[O-]. The minimum atomic E-state index is -3.73. The molecular weight excluding hydrogens is 201 g/mol. The number of hydrogen-bond donors (Lipinski definition) is 1. The molecule has 0 bridgehead atoms. The third-order valence-corrected chi connectivity index (χ3v) is 1.38. The maximum absolute atomic E-state index is 12.9. The van der Waals surface area contributed by atoms with Gasteiger partial charge in [0.25, 0.3) is 0 Å². The number of alkyl halides is 1. The minimum Gasteiger partial charge on any atom is -0.356 e. The molecule has 1 N–H and O–H groups in total. The largest absolute Gasteiger partial charge is 0.615 e. The number of rotatable bonds is 5. The molecule has 0 rings (SSSR count). The molecule has 14 heavy (non-hydrogen) atoms. The van der Waals surface area contributed by atoms with E-state index in [9.17, 15) is 29.4 Å². The van der Waals surface area contributed by atoms with Crippen molar-refractivity contribution in [3.05, 3.63) is 20.2 Å². The molecule has 0 aliphatic heterocycles. The van der Waals surface area contributed by atoms with Crippen LogP contribution in [0.3, 0.4) is 0 Å². The number of amides is 1. The fourth-order valence-electron chi connectivity index (χ4n) is 0.647. The summed E-state index contributed by atoms with van der Waals surface area (Å²) >= 11 is 0. The summed E-state index contributed by atoms with van der Waals surface area (Å²) in [4.78, 5) is 27.1. The lowest BCUT2D eigenvalue weighted by molar-refractivity contribution is -0.831. The number of halogens is 1. The molecule has 0 aromatic carbocycles. The highest BCUT2D eigenvalue weighted by molar-refractivity contribution is 5.72. The quantitative estimate of drug-likeness (QED) is 0.288. The number of hydrogen-bond acceptors (Lipinski definition) is 5. The van der Waals surface area contributed by atoms with Crippen LogP contribution in [0.5, 0.6) is 0 Å². The summed E-state index contributed by atoms with van der Waals surface area (Å²) in [5, 5.41) is 22.1. The number of nitrogens with one attached hydrogen (secondary N) is 1. The standard InChI is InChI=1S/C5H8FN3O5/c1-4(10)7-3-2-5(6,8(11)12)9(13)14/h2-3H2,1H3,(H,7,10). The van der Waals surface area contributed by atoms with E-state index in [1.165, 1.54) is 0 Å². The molecule has 0 fully saturated rings. The lowest BCUT2D eigenvalue weighted by Gasteiger charge is -2.07. The summed E-state index contributed by atoms with van der Waals surface area (Å²) < 4.78 is 12.9. The molecule has 0 aromatic heterocycles. The Hall–Kier alpha value is -1.80. The molecule has 0 aliphatic carbocycles. The normalized spacial score (nSPS) is 10.7. The van der Waals surface area contributed by atoms with E-state index in [1.54, 1.807) is 0 Å². The Morgan fingerprint density at radius 2 is 1.86 bits per heavy atom. The number of nitro groups is 2. The van der Waals surface area contributed by atoms with Crippen LogP contribution in [-0.2, 0) is 4.79 Å². The summed E-state index contributed by atoms with van der Waals surface area (Å²) in [5.74, 6) is -4.28. The summed E-state index contributed by atoms with van der Waals surface area (Å²) in [6.45, 7) is 0.645. The van der Waals surface area contributed by atoms with Crippen LogP contribution >= 0.6 is 0 Å². The second-order valence-electron chi connectivity index (χ2n) is 2.47. The Morgan fingerprint density at radius 3 is 2.14 bits per heavy atom. The van der Waals surface area contributed by atoms with Gasteiger partial charge in [-0.1, -0.05) is 4.39 Å². The smallest absolute Gasteiger partial charge is 0.356 e. The predicted octanol–water partition coefficient (Wildman–Crippen LogP) is -0.311. The molecule has 9 heteroatoms. The first-order valence-corrected chi connectivity index (χ1v) is 3.53. The maximum atomic E-state index is 12.9. The Morgan fingerprint density at radius 1 is 1.43 bits per heavy atom. The van der Waals surface area contributed by atoms with E-state index in [0.717, 1.165) is 6.92 Å². The molecular formula is C5H8FN3O5. The van der Waals surface area contributed by atoms with E-state index in [-0.39, 0.29) is 0 Å². The first-order chi connectivity index (χ1) is 6.30. The van der Waals surface area contributed by atoms with Gasteiger partial charge in [0, 0.05) is 13.5 Å². The van der Waals surface area contributed by atoms with Crippen LogP contribution in [0.15, 0.2) is 0 Å². The molecule has 0 unspecified atom stereocenters. The van der Waals surface area contributed by atoms with Crippen molar-refractivity contribution in [2.24, 2.45) is 0 Å². The molecule has 1 amide bonds. The van der Waals surface area contributed by atoms with Gasteiger partial charge in [-0.2, -0.15) is 0 Å². The van der Waals surface area contributed by atoms with Gasteiger partial charge in [0.1, 0.15) is 16.3 Å². The van der Waals surface area contributed by atoms with E-state index in [0.29, 0.717) is 0 Å².